The van der Waals surface area contributed by atoms with Gasteiger partial charge in [-0.05, 0) is 43.0 Å². The number of ether oxygens (including phenoxy) is 2. The third-order valence-corrected chi connectivity index (χ3v) is 7.43. The lowest BCUT2D eigenvalue weighted by molar-refractivity contribution is 0.137. The van der Waals surface area contributed by atoms with E-state index in [0.29, 0.717) is 11.8 Å². The molecule has 2 aromatic rings. The Balaban J connectivity index is 1.58. The van der Waals surface area contributed by atoms with Crippen LogP contribution >= 0.6 is 23.5 Å². The number of thioether (sulfide) groups is 2. The van der Waals surface area contributed by atoms with Crippen LogP contribution in [0.15, 0.2) is 52.3 Å². The van der Waals surface area contributed by atoms with E-state index in [9.17, 15) is 0 Å². The number of nitrogens with two attached hydrogens (primary N) is 1. The highest BCUT2D eigenvalue weighted by Crippen LogP contribution is 2.39. The van der Waals surface area contributed by atoms with Gasteiger partial charge in [0, 0.05) is 22.3 Å². The molecule has 140 valence electrons. The van der Waals surface area contributed by atoms with Crippen molar-refractivity contribution >= 4 is 23.5 Å². The quantitative estimate of drug-likeness (QED) is 0.687. The van der Waals surface area contributed by atoms with Crippen LogP contribution in [0, 0.1) is 18.8 Å². The van der Waals surface area contributed by atoms with E-state index >= 15 is 0 Å². The van der Waals surface area contributed by atoms with Crippen LogP contribution in [0.5, 0.6) is 11.5 Å². The lowest BCUT2D eigenvalue weighted by Crippen LogP contribution is -2.37. The van der Waals surface area contributed by atoms with E-state index in [1.807, 2.05) is 47.8 Å². The molecule has 3 nitrogen and oxygen atoms in total. The maximum absolute atomic E-state index is 6.38. The van der Waals surface area contributed by atoms with Gasteiger partial charge >= 0.3 is 0 Å². The first-order valence-electron chi connectivity index (χ1n) is 8.99. The first kappa shape index (κ1) is 19.5. The summed E-state index contributed by atoms with van der Waals surface area (Å²) in [5.74, 6) is 4.82. The van der Waals surface area contributed by atoms with Crippen molar-refractivity contribution in [1.82, 2.24) is 0 Å². The zero-order valence-corrected chi connectivity index (χ0v) is 17.2. The van der Waals surface area contributed by atoms with Crippen molar-refractivity contribution in [2.45, 2.75) is 36.3 Å². The predicted octanol–water partition coefficient (Wildman–Crippen LogP) is 5.21. The molecule has 0 saturated carbocycles. The molecule has 3 rings (SSSR count). The lowest BCUT2D eigenvalue weighted by Gasteiger charge is -2.24. The lowest BCUT2D eigenvalue weighted by atomic mass is 9.97. The van der Waals surface area contributed by atoms with E-state index in [4.69, 9.17) is 15.2 Å². The Morgan fingerprint density at radius 2 is 2.08 bits per heavy atom. The Morgan fingerprint density at radius 3 is 2.88 bits per heavy atom. The maximum Gasteiger partial charge on any atom is 0.151 e. The summed E-state index contributed by atoms with van der Waals surface area (Å²) in [4.78, 5) is 2.43. The molecule has 5 heteroatoms. The molecular weight excluding hydrogens is 362 g/mol. The predicted molar refractivity (Wildman–Crippen MR) is 111 cm³/mol. The molecule has 1 aliphatic rings. The van der Waals surface area contributed by atoms with Gasteiger partial charge < -0.3 is 9.47 Å². The van der Waals surface area contributed by atoms with Gasteiger partial charge in [0.2, 0.25) is 0 Å². The molecule has 1 unspecified atom stereocenters. The van der Waals surface area contributed by atoms with E-state index in [-0.39, 0.29) is 6.23 Å². The van der Waals surface area contributed by atoms with E-state index in [1.165, 1.54) is 15.4 Å². The third-order valence-electron chi connectivity index (χ3n) is 4.64. The number of methoxy groups -OCH3 is 1. The first-order valence-corrected chi connectivity index (χ1v) is 11.0. The molecule has 0 aromatic heterocycles. The van der Waals surface area contributed by atoms with Gasteiger partial charge in [0.25, 0.3) is 0 Å². The van der Waals surface area contributed by atoms with Crippen molar-refractivity contribution in [3.05, 3.63) is 48.0 Å². The zero-order chi connectivity index (χ0) is 18.5. The Kier molecular flexibility index (Phi) is 6.79. The van der Waals surface area contributed by atoms with Gasteiger partial charge in [0.15, 0.2) is 6.23 Å². The molecule has 1 aliphatic heterocycles. The van der Waals surface area contributed by atoms with Crippen LogP contribution < -0.4 is 15.2 Å². The van der Waals surface area contributed by atoms with Crippen LogP contribution in [0.2, 0.25) is 0 Å². The standard InChI is InChI=1S/C21H27NO2S2/c1-14(12-25-19-10-5-4-8-17(19)23-3)11-16-13-26-20-15(2)7-6-9-18(20)24-21(16)22/h4-10,14,16,21H,11-13,22H2,1-3H3/t14-,16-,21?/m0/s1. The second kappa shape index (κ2) is 9.07. The number of fused-ring (bicyclic) bond motifs is 1. The van der Waals surface area contributed by atoms with E-state index in [1.54, 1.807) is 7.11 Å². The smallest absolute Gasteiger partial charge is 0.151 e. The molecule has 0 spiro atoms. The highest BCUT2D eigenvalue weighted by molar-refractivity contribution is 7.99. The Morgan fingerprint density at radius 1 is 1.27 bits per heavy atom. The highest BCUT2D eigenvalue weighted by atomic mass is 32.2. The molecule has 0 bridgehead atoms. The number of rotatable bonds is 6. The molecule has 0 saturated heterocycles. The van der Waals surface area contributed by atoms with Gasteiger partial charge in [-0.25, -0.2) is 0 Å². The number of hydrogen-bond acceptors (Lipinski definition) is 5. The van der Waals surface area contributed by atoms with Gasteiger partial charge in [0.05, 0.1) is 12.0 Å². The van der Waals surface area contributed by atoms with Gasteiger partial charge in [-0.15, -0.1) is 23.5 Å². The summed E-state index contributed by atoms with van der Waals surface area (Å²) >= 11 is 3.73. The third kappa shape index (κ3) is 4.70. The van der Waals surface area contributed by atoms with Crippen molar-refractivity contribution in [3.63, 3.8) is 0 Å². The summed E-state index contributed by atoms with van der Waals surface area (Å²) in [6.45, 7) is 4.43. The molecule has 2 N–H and O–H groups in total. The number of aryl methyl sites for hydroxylation is 1. The second-order valence-corrected chi connectivity index (χ2v) is 8.95. The van der Waals surface area contributed by atoms with Crippen molar-refractivity contribution in [2.75, 3.05) is 18.6 Å². The van der Waals surface area contributed by atoms with Gasteiger partial charge in [-0.2, -0.15) is 0 Å². The van der Waals surface area contributed by atoms with Crippen molar-refractivity contribution < 1.29 is 9.47 Å². The molecule has 0 fully saturated rings. The molecule has 2 aromatic carbocycles. The minimum Gasteiger partial charge on any atom is -0.496 e. The maximum atomic E-state index is 6.38. The van der Waals surface area contributed by atoms with Gasteiger partial charge in [0.1, 0.15) is 11.5 Å². The topological polar surface area (TPSA) is 44.5 Å². The van der Waals surface area contributed by atoms with Crippen molar-refractivity contribution in [3.8, 4) is 11.5 Å². The monoisotopic (exact) mass is 389 g/mol. The SMILES string of the molecule is COc1ccccc1SC[C@@H](C)C[C@H]1CSc2c(C)cccc2OC1N. The summed E-state index contributed by atoms with van der Waals surface area (Å²) in [7, 11) is 1.72. The fourth-order valence-electron chi connectivity index (χ4n) is 3.19. The average Bonchev–Trinajstić information content (AvgIpc) is 2.80. The van der Waals surface area contributed by atoms with E-state index < -0.39 is 0 Å². The highest BCUT2D eigenvalue weighted by Gasteiger charge is 2.27. The Bertz CT molecular complexity index is 738. The van der Waals surface area contributed by atoms with E-state index in [0.717, 1.165) is 29.4 Å². The van der Waals surface area contributed by atoms with Gasteiger partial charge in [-0.1, -0.05) is 31.2 Å². The summed E-state index contributed by atoms with van der Waals surface area (Å²) < 4.78 is 11.5. The Labute approximate surface area is 165 Å². The molecule has 0 aliphatic carbocycles. The van der Waals surface area contributed by atoms with E-state index in [2.05, 4.69) is 32.0 Å². The molecule has 0 amide bonds. The summed E-state index contributed by atoms with van der Waals surface area (Å²) in [6, 6.07) is 14.4. The van der Waals surface area contributed by atoms with Crippen LogP contribution in [-0.2, 0) is 0 Å². The summed E-state index contributed by atoms with van der Waals surface area (Å²) in [5, 5.41) is 0. The zero-order valence-electron chi connectivity index (χ0n) is 15.6. The number of para-hydroxylation sites is 1. The largest absolute Gasteiger partial charge is 0.496 e. The number of benzene rings is 2. The molecule has 26 heavy (non-hydrogen) atoms. The molecule has 3 atom stereocenters. The van der Waals surface area contributed by atoms with Gasteiger partial charge in [-0.3, -0.25) is 5.73 Å². The molecular formula is C21H27NO2S2. The normalized spacial score (nSPS) is 20.6. The minimum absolute atomic E-state index is 0.246. The fourth-order valence-corrected chi connectivity index (χ4v) is 5.52. The first-order chi connectivity index (χ1) is 12.6. The number of hydrogen-bond donors (Lipinski definition) is 1. The minimum atomic E-state index is -0.246. The van der Waals surface area contributed by atoms with Crippen LogP contribution in [0.4, 0.5) is 0 Å². The summed E-state index contributed by atoms with van der Waals surface area (Å²) in [6.07, 6.45) is 0.813. The fraction of sp³-hybridized carbons (Fsp3) is 0.429. The Hall–Kier alpha value is -1.30. The van der Waals surface area contributed by atoms with Crippen LogP contribution in [0.1, 0.15) is 18.9 Å². The van der Waals surface area contributed by atoms with Crippen molar-refractivity contribution in [1.29, 1.82) is 0 Å². The summed E-state index contributed by atoms with van der Waals surface area (Å²) in [5.41, 5.74) is 7.65. The van der Waals surface area contributed by atoms with Crippen LogP contribution in [-0.4, -0.2) is 24.8 Å². The molecule has 0 radical (unpaired) electrons. The van der Waals surface area contributed by atoms with Crippen LogP contribution in [0.3, 0.4) is 0 Å². The average molecular weight is 390 g/mol. The molecule has 1 heterocycles. The van der Waals surface area contributed by atoms with Crippen LogP contribution in [0.25, 0.3) is 0 Å². The van der Waals surface area contributed by atoms with Crippen molar-refractivity contribution in [2.24, 2.45) is 17.6 Å². The second-order valence-electron chi connectivity index (χ2n) is 6.86.